The first kappa shape index (κ1) is 32.8. The number of aromatic nitrogens is 4. The van der Waals surface area contributed by atoms with Crippen LogP contribution in [0.15, 0.2) is 48.8 Å². The van der Waals surface area contributed by atoms with Crippen LogP contribution in [0, 0.1) is 19.3 Å². The van der Waals surface area contributed by atoms with Crippen molar-refractivity contribution in [3.63, 3.8) is 0 Å². The molecule has 2 aromatic heterocycles. The Labute approximate surface area is 270 Å². The average Bonchev–Trinajstić information content (AvgIpc) is 3.70. The van der Waals surface area contributed by atoms with Gasteiger partial charge in [0.1, 0.15) is 29.8 Å². The molecule has 2 aromatic carbocycles. The normalized spacial score (nSPS) is 24.6. The molecule has 2 fully saturated rings. The lowest BCUT2D eigenvalue weighted by Gasteiger charge is -2.25. The number of aliphatic hydroxyl groups is 1. The fourth-order valence-corrected chi connectivity index (χ4v) is 6.84. The Morgan fingerprint density at radius 1 is 1.23 bits per heavy atom. The van der Waals surface area contributed by atoms with Crippen LogP contribution in [0.5, 0.6) is 5.75 Å². The number of hydrogen-bond acceptors (Lipinski definition) is 11. The molecule has 2 aliphatic rings. The number of hydrogen-bond donors (Lipinski definition) is 3. The van der Waals surface area contributed by atoms with Crippen molar-refractivity contribution >= 4 is 41.5 Å². The molecular formula is C32H36FN6O7P. The number of fused-ring (bicyclic) bond motifs is 2. The van der Waals surface area contributed by atoms with Crippen LogP contribution in [0.3, 0.4) is 0 Å². The standard InChI is InChI=1S/C32H36FN6O7P/c1-6-32(33)27(40)25(45-31(32)39-17-34-26-28(37-22-14-15-22)35-20(5)36-29(26)39)16-43-47(42,38-19(4)30(41)44-18(2)3)46-24-13-9-11-21-10-7-8-12-23(21)24/h1,7-13,17-19,22,25,27,31,40H,14-16H2,2-5H3,(H,38,42)(H,35,36,37)/t19-,25-,27-,31-,32-,47?/m1/s1. The van der Waals surface area contributed by atoms with Crippen LogP contribution in [0.2, 0.25) is 0 Å². The van der Waals surface area contributed by atoms with Crippen LogP contribution in [-0.4, -0.2) is 73.3 Å². The molecule has 0 bridgehead atoms. The summed E-state index contributed by atoms with van der Waals surface area (Å²) in [5, 5.41) is 18.5. The number of nitrogens with one attached hydrogen (secondary N) is 2. The molecule has 6 rings (SSSR count). The van der Waals surface area contributed by atoms with Gasteiger partial charge in [0.25, 0.3) is 0 Å². The molecule has 1 unspecified atom stereocenters. The molecule has 1 saturated carbocycles. The number of carbonyl (C=O) groups excluding carboxylic acids is 1. The molecule has 47 heavy (non-hydrogen) atoms. The van der Waals surface area contributed by atoms with E-state index in [1.807, 2.05) is 24.1 Å². The van der Waals surface area contributed by atoms with E-state index in [-0.39, 0.29) is 17.4 Å². The first-order valence-electron chi connectivity index (χ1n) is 15.3. The summed E-state index contributed by atoms with van der Waals surface area (Å²) in [4.78, 5) is 25.9. The molecule has 6 atom stereocenters. The number of anilines is 1. The van der Waals surface area contributed by atoms with Gasteiger partial charge in [-0.15, -0.1) is 6.42 Å². The molecule has 1 aliphatic heterocycles. The summed E-state index contributed by atoms with van der Waals surface area (Å²) in [6, 6.07) is 11.6. The smallest absolute Gasteiger partial charge is 0.459 e. The fraction of sp³-hybridized carbons (Fsp3) is 0.438. The molecule has 3 heterocycles. The highest BCUT2D eigenvalue weighted by Gasteiger charge is 2.58. The Morgan fingerprint density at radius 3 is 2.70 bits per heavy atom. The van der Waals surface area contributed by atoms with Crippen molar-refractivity contribution in [3.05, 3.63) is 54.6 Å². The maximum Gasteiger partial charge on any atom is 0.459 e. The van der Waals surface area contributed by atoms with Gasteiger partial charge >= 0.3 is 13.7 Å². The highest BCUT2D eigenvalue weighted by molar-refractivity contribution is 7.52. The van der Waals surface area contributed by atoms with Gasteiger partial charge in [-0.25, -0.2) is 23.9 Å². The monoisotopic (exact) mass is 666 g/mol. The molecule has 15 heteroatoms. The van der Waals surface area contributed by atoms with Crippen molar-refractivity contribution in [2.45, 2.75) is 82.8 Å². The number of benzene rings is 2. The lowest BCUT2D eigenvalue weighted by atomic mass is 9.97. The molecule has 0 radical (unpaired) electrons. The summed E-state index contributed by atoms with van der Waals surface area (Å²) in [6.45, 7) is 5.85. The second kappa shape index (κ2) is 12.8. The third-order valence-electron chi connectivity index (χ3n) is 7.81. The molecule has 3 N–H and O–H groups in total. The Kier molecular flexibility index (Phi) is 8.95. The largest absolute Gasteiger partial charge is 0.462 e. The van der Waals surface area contributed by atoms with E-state index in [9.17, 15) is 14.5 Å². The molecule has 0 spiro atoms. The van der Waals surface area contributed by atoms with E-state index in [1.165, 1.54) is 17.8 Å². The van der Waals surface area contributed by atoms with Gasteiger partial charge in [-0.1, -0.05) is 42.3 Å². The number of halogens is 1. The van der Waals surface area contributed by atoms with Gasteiger partial charge in [-0.2, -0.15) is 5.09 Å². The first-order chi connectivity index (χ1) is 22.4. The summed E-state index contributed by atoms with van der Waals surface area (Å²) < 4.78 is 55.0. The molecular weight excluding hydrogens is 630 g/mol. The summed E-state index contributed by atoms with van der Waals surface area (Å²) in [5.41, 5.74) is -2.12. The number of esters is 1. The summed E-state index contributed by atoms with van der Waals surface area (Å²) in [5.74, 6) is 2.45. The van der Waals surface area contributed by atoms with E-state index in [0.29, 0.717) is 22.5 Å². The molecule has 0 amide bonds. The predicted molar refractivity (Wildman–Crippen MR) is 171 cm³/mol. The second-order valence-electron chi connectivity index (χ2n) is 11.9. The number of rotatable bonds is 12. The maximum atomic E-state index is 16.5. The lowest BCUT2D eigenvalue weighted by Crippen LogP contribution is -2.42. The van der Waals surface area contributed by atoms with E-state index < -0.39 is 56.6 Å². The number of ether oxygens (including phenoxy) is 2. The number of imidazole rings is 1. The van der Waals surface area contributed by atoms with Crippen LogP contribution < -0.4 is 14.9 Å². The van der Waals surface area contributed by atoms with E-state index in [2.05, 4.69) is 25.4 Å². The molecule has 248 valence electrons. The zero-order valence-electron chi connectivity index (χ0n) is 26.3. The van der Waals surface area contributed by atoms with Crippen LogP contribution in [0.4, 0.5) is 10.2 Å². The molecule has 13 nitrogen and oxygen atoms in total. The topological polar surface area (TPSA) is 159 Å². The van der Waals surface area contributed by atoms with Gasteiger partial charge in [0.15, 0.2) is 23.2 Å². The number of carbonyl (C=O) groups is 1. The van der Waals surface area contributed by atoms with Gasteiger partial charge < -0.3 is 24.4 Å². The number of aryl methyl sites for hydroxylation is 1. The van der Waals surface area contributed by atoms with Crippen LogP contribution >= 0.6 is 7.75 Å². The average molecular weight is 667 g/mol. The van der Waals surface area contributed by atoms with E-state index in [1.54, 1.807) is 45.0 Å². The Balaban J connectivity index is 1.28. The van der Waals surface area contributed by atoms with Crippen molar-refractivity contribution < 1.29 is 37.4 Å². The molecule has 4 aromatic rings. The second-order valence-corrected chi connectivity index (χ2v) is 13.6. The Hall–Kier alpha value is -4.12. The maximum absolute atomic E-state index is 16.5. The summed E-state index contributed by atoms with van der Waals surface area (Å²) in [7, 11) is -4.43. The molecule has 1 aliphatic carbocycles. The van der Waals surface area contributed by atoms with E-state index >= 15 is 4.39 Å². The summed E-state index contributed by atoms with van der Waals surface area (Å²) in [6.07, 6.45) is 3.61. The van der Waals surface area contributed by atoms with Gasteiger partial charge in [-0.05, 0) is 52.0 Å². The highest BCUT2D eigenvalue weighted by Crippen LogP contribution is 2.49. The Bertz CT molecular complexity index is 1890. The lowest BCUT2D eigenvalue weighted by molar-refractivity contribution is -0.149. The van der Waals surface area contributed by atoms with Gasteiger partial charge in [0.05, 0.1) is 19.0 Å². The van der Waals surface area contributed by atoms with Crippen molar-refractivity contribution in [1.82, 2.24) is 24.6 Å². The summed E-state index contributed by atoms with van der Waals surface area (Å²) >= 11 is 0. The zero-order valence-corrected chi connectivity index (χ0v) is 27.2. The van der Waals surface area contributed by atoms with E-state index in [0.717, 1.165) is 18.2 Å². The van der Waals surface area contributed by atoms with Crippen molar-refractivity contribution in [2.24, 2.45) is 0 Å². The first-order valence-corrected chi connectivity index (χ1v) is 16.8. The number of alkyl halides is 1. The third-order valence-corrected chi connectivity index (χ3v) is 9.43. The fourth-order valence-electron chi connectivity index (χ4n) is 5.32. The van der Waals surface area contributed by atoms with Crippen molar-refractivity contribution in [1.29, 1.82) is 0 Å². The van der Waals surface area contributed by atoms with Crippen molar-refractivity contribution in [3.8, 4) is 18.1 Å². The predicted octanol–water partition coefficient (Wildman–Crippen LogP) is 4.60. The number of nitrogens with zero attached hydrogens (tertiary/aromatic N) is 4. The number of aliphatic hydroxyl groups excluding tert-OH is 1. The van der Waals surface area contributed by atoms with Crippen molar-refractivity contribution in [2.75, 3.05) is 11.9 Å². The third kappa shape index (κ3) is 6.68. The van der Waals surface area contributed by atoms with Gasteiger partial charge in [-0.3, -0.25) is 13.9 Å². The minimum atomic E-state index is -4.43. The highest BCUT2D eigenvalue weighted by atomic mass is 31.2. The van der Waals surface area contributed by atoms with Crippen LogP contribution in [0.1, 0.15) is 45.7 Å². The zero-order chi connectivity index (χ0) is 33.5. The minimum absolute atomic E-state index is 0.202. The number of terminal acetylenes is 1. The minimum Gasteiger partial charge on any atom is -0.462 e. The van der Waals surface area contributed by atoms with Gasteiger partial charge in [0.2, 0.25) is 5.67 Å². The SMILES string of the molecule is C#C[C@@]1(F)[C@H](O)[C@@H](COP(=O)(N[C@H](C)C(=O)OC(C)C)Oc2cccc3ccccc23)O[C@H]1n1cnc2c(NC3CC3)nc(C)nc21. The van der Waals surface area contributed by atoms with Crippen LogP contribution in [-0.2, 0) is 23.4 Å². The quantitative estimate of drug-likeness (QED) is 0.110. The van der Waals surface area contributed by atoms with E-state index in [4.69, 9.17) is 24.9 Å². The van der Waals surface area contributed by atoms with Crippen LogP contribution in [0.25, 0.3) is 21.9 Å². The molecule has 1 saturated heterocycles. The van der Waals surface area contributed by atoms with Gasteiger partial charge in [0, 0.05) is 11.4 Å². The Morgan fingerprint density at radius 2 is 1.98 bits per heavy atom.